The third-order valence-electron chi connectivity index (χ3n) is 4.50. The number of aromatic hydroxyl groups is 1. The Kier molecular flexibility index (Phi) is 3.94. The van der Waals surface area contributed by atoms with E-state index in [2.05, 4.69) is 19.2 Å². The standard InChI is InChI=1S/C24H18O2/c1-3-16-8-10-18-14-22(25)24(15-20(18)13-16)26-23-7-5-6-19-12-17(4-2)9-11-21(19)23/h3-15,25H,1-2H2. The number of phenols is 1. The molecule has 126 valence electrons. The van der Waals surface area contributed by atoms with Crippen molar-refractivity contribution in [3.05, 3.63) is 91.0 Å². The number of hydrogen-bond donors (Lipinski definition) is 1. The first kappa shape index (κ1) is 16.0. The largest absolute Gasteiger partial charge is 0.504 e. The van der Waals surface area contributed by atoms with E-state index in [0.29, 0.717) is 11.5 Å². The van der Waals surface area contributed by atoms with Crippen molar-refractivity contribution in [1.29, 1.82) is 0 Å². The van der Waals surface area contributed by atoms with Crippen LogP contribution >= 0.6 is 0 Å². The zero-order valence-corrected chi connectivity index (χ0v) is 14.3. The molecule has 0 heterocycles. The summed E-state index contributed by atoms with van der Waals surface area (Å²) in [7, 11) is 0. The fourth-order valence-electron chi connectivity index (χ4n) is 3.10. The van der Waals surface area contributed by atoms with E-state index in [9.17, 15) is 5.11 Å². The second kappa shape index (κ2) is 6.41. The third-order valence-corrected chi connectivity index (χ3v) is 4.50. The molecular formula is C24H18O2. The summed E-state index contributed by atoms with van der Waals surface area (Å²) < 4.78 is 6.08. The molecule has 0 saturated carbocycles. The van der Waals surface area contributed by atoms with Crippen LogP contribution < -0.4 is 4.74 Å². The zero-order valence-electron chi connectivity index (χ0n) is 14.3. The predicted octanol–water partition coefficient (Wildman–Crippen LogP) is 6.78. The predicted molar refractivity (Wildman–Crippen MR) is 110 cm³/mol. The topological polar surface area (TPSA) is 29.5 Å². The molecule has 0 aromatic heterocycles. The molecule has 0 radical (unpaired) electrons. The lowest BCUT2D eigenvalue weighted by Gasteiger charge is -2.12. The molecule has 0 aliphatic carbocycles. The Morgan fingerprint density at radius 2 is 1.42 bits per heavy atom. The fraction of sp³-hybridized carbons (Fsp3) is 0. The average molecular weight is 338 g/mol. The molecule has 0 amide bonds. The van der Waals surface area contributed by atoms with Crippen LogP contribution in [0, 0.1) is 0 Å². The van der Waals surface area contributed by atoms with E-state index < -0.39 is 0 Å². The SMILES string of the molecule is C=Cc1ccc2cc(O)c(Oc3cccc4cc(C=C)ccc34)cc2c1. The van der Waals surface area contributed by atoms with Crippen LogP contribution in [0.2, 0.25) is 0 Å². The molecule has 0 fully saturated rings. The van der Waals surface area contributed by atoms with Gasteiger partial charge in [-0.25, -0.2) is 0 Å². The highest BCUT2D eigenvalue weighted by Crippen LogP contribution is 2.37. The van der Waals surface area contributed by atoms with Crippen molar-refractivity contribution in [2.75, 3.05) is 0 Å². The first-order valence-electron chi connectivity index (χ1n) is 8.40. The van der Waals surface area contributed by atoms with Gasteiger partial charge >= 0.3 is 0 Å². The van der Waals surface area contributed by atoms with Crippen LogP contribution in [-0.4, -0.2) is 5.11 Å². The van der Waals surface area contributed by atoms with Gasteiger partial charge in [-0.2, -0.15) is 0 Å². The highest BCUT2D eigenvalue weighted by molar-refractivity contribution is 5.91. The van der Waals surface area contributed by atoms with Gasteiger partial charge in [-0.1, -0.05) is 61.7 Å². The molecule has 0 spiro atoms. The molecule has 0 aliphatic rings. The van der Waals surface area contributed by atoms with E-state index in [-0.39, 0.29) is 5.75 Å². The highest BCUT2D eigenvalue weighted by Gasteiger charge is 2.09. The van der Waals surface area contributed by atoms with Crippen LogP contribution in [0.15, 0.2) is 79.9 Å². The molecule has 4 rings (SSSR count). The summed E-state index contributed by atoms with van der Waals surface area (Å²) in [4.78, 5) is 0. The van der Waals surface area contributed by atoms with Gasteiger partial charge in [0.2, 0.25) is 0 Å². The first-order valence-corrected chi connectivity index (χ1v) is 8.40. The van der Waals surface area contributed by atoms with E-state index in [1.165, 1.54) is 0 Å². The fourth-order valence-corrected chi connectivity index (χ4v) is 3.10. The van der Waals surface area contributed by atoms with E-state index in [4.69, 9.17) is 4.74 Å². The van der Waals surface area contributed by atoms with Gasteiger partial charge in [-0.3, -0.25) is 0 Å². The second-order valence-corrected chi connectivity index (χ2v) is 6.17. The normalized spacial score (nSPS) is 10.8. The number of phenolic OH excluding ortho intramolecular Hbond substituents is 1. The molecule has 0 saturated heterocycles. The molecule has 0 bridgehead atoms. The van der Waals surface area contributed by atoms with E-state index in [0.717, 1.165) is 32.7 Å². The minimum atomic E-state index is 0.114. The highest BCUT2D eigenvalue weighted by atomic mass is 16.5. The minimum absolute atomic E-state index is 0.114. The Labute approximate surface area is 152 Å². The molecule has 0 atom stereocenters. The van der Waals surface area contributed by atoms with Crippen LogP contribution in [0.5, 0.6) is 17.2 Å². The van der Waals surface area contributed by atoms with Crippen LogP contribution in [0.3, 0.4) is 0 Å². The van der Waals surface area contributed by atoms with E-state index >= 15 is 0 Å². The van der Waals surface area contributed by atoms with Crippen molar-refractivity contribution in [1.82, 2.24) is 0 Å². The Balaban J connectivity index is 1.81. The maximum absolute atomic E-state index is 10.4. The lowest BCUT2D eigenvalue weighted by Crippen LogP contribution is -1.88. The van der Waals surface area contributed by atoms with Crippen molar-refractivity contribution in [2.24, 2.45) is 0 Å². The maximum atomic E-state index is 10.4. The summed E-state index contributed by atoms with van der Waals surface area (Å²) in [6, 6.07) is 21.5. The summed E-state index contributed by atoms with van der Waals surface area (Å²) in [6.07, 6.45) is 3.62. The number of rotatable bonds is 4. The Morgan fingerprint density at radius 1 is 0.692 bits per heavy atom. The van der Waals surface area contributed by atoms with Gasteiger partial charge in [0.15, 0.2) is 11.5 Å². The molecular weight excluding hydrogens is 320 g/mol. The first-order chi connectivity index (χ1) is 12.7. The van der Waals surface area contributed by atoms with Crippen LogP contribution in [-0.2, 0) is 0 Å². The van der Waals surface area contributed by atoms with Crippen molar-refractivity contribution < 1.29 is 9.84 Å². The second-order valence-electron chi connectivity index (χ2n) is 6.17. The Morgan fingerprint density at radius 3 is 2.19 bits per heavy atom. The van der Waals surface area contributed by atoms with E-state index in [1.54, 1.807) is 12.1 Å². The van der Waals surface area contributed by atoms with Gasteiger partial charge in [0.1, 0.15) is 5.75 Å². The maximum Gasteiger partial charge on any atom is 0.169 e. The molecule has 2 heteroatoms. The van der Waals surface area contributed by atoms with Gasteiger partial charge < -0.3 is 9.84 Å². The lowest BCUT2D eigenvalue weighted by atomic mass is 10.1. The van der Waals surface area contributed by atoms with Crippen molar-refractivity contribution in [2.45, 2.75) is 0 Å². The molecule has 26 heavy (non-hydrogen) atoms. The molecule has 4 aromatic rings. The van der Waals surface area contributed by atoms with Gasteiger partial charge in [0, 0.05) is 5.39 Å². The summed E-state index contributed by atoms with van der Waals surface area (Å²) in [6.45, 7) is 7.62. The van der Waals surface area contributed by atoms with Gasteiger partial charge in [0.25, 0.3) is 0 Å². The van der Waals surface area contributed by atoms with Crippen LogP contribution in [0.25, 0.3) is 33.7 Å². The Bertz CT molecular complexity index is 1160. The summed E-state index contributed by atoms with van der Waals surface area (Å²) in [5, 5.41) is 14.4. The molecule has 0 aliphatic heterocycles. The molecule has 2 nitrogen and oxygen atoms in total. The van der Waals surface area contributed by atoms with Gasteiger partial charge in [-0.15, -0.1) is 0 Å². The number of hydrogen-bond acceptors (Lipinski definition) is 2. The van der Waals surface area contributed by atoms with Crippen LogP contribution in [0.1, 0.15) is 11.1 Å². The summed E-state index contributed by atoms with van der Waals surface area (Å²) in [5.74, 6) is 1.25. The van der Waals surface area contributed by atoms with Crippen molar-refractivity contribution >= 4 is 33.7 Å². The van der Waals surface area contributed by atoms with Crippen molar-refractivity contribution in [3.8, 4) is 17.2 Å². The molecule has 0 unspecified atom stereocenters. The van der Waals surface area contributed by atoms with E-state index in [1.807, 2.05) is 60.7 Å². The monoisotopic (exact) mass is 338 g/mol. The third kappa shape index (κ3) is 2.82. The summed E-state index contributed by atoms with van der Waals surface area (Å²) >= 11 is 0. The molecule has 1 N–H and O–H groups in total. The average Bonchev–Trinajstić information content (AvgIpc) is 2.68. The Hall–Kier alpha value is -3.52. The van der Waals surface area contributed by atoms with Crippen molar-refractivity contribution in [3.63, 3.8) is 0 Å². The summed E-state index contributed by atoms with van der Waals surface area (Å²) in [5.41, 5.74) is 2.08. The van der Waals surface area contributed by atoms with Gasteiger partial charge in [0.05, 0.1) is 0 Å². The number of fused-ring (bicyclic) bond motifs is 2. The zero-order chi connectivity index (χ0) is 18.1. The smallest absolute Gasteiger partial charge is 0.169 e. The van der Waals surface area contributed by atoms with Crippen LogP contribution in [0.4, 0.5) is 0 Å². The number of benzene rings is 4. The quantitative estimate of drug-likeness (QED) is 0.444. The molecule has 4 aromatic carbocycles. The van der Waals surface area contributed by atoms with Gasteiger partial charge in [-0.05, 0) is 57.6 Å². The number of ether oxygens (including phenoxy) is 1. The lowest BCUT2D eigenvalue weighted by molar-refractivity contribution is 0.414. The minimum Gasteiger partial charge on any atom is -0.504 e.